The van der Waals surface area contributed by atoms with Crippen LogP contribution < -0.4 is 5.32 Å². The first-order valence-corrected chi connectivity index (χ1v) is 5.94. The minimum Gasteiger partial charge on any atom is -0.363 e. The van der Waals surface area contributed by atoms with Crippen LogP contribution in [0.15, 0.2) is 16.7 Å². The molecular weight excluding hydrogens is 263 g/mol. The van der Waals surface area contributed by atoms with E-state index in [0.717, 1.165) is 23.1 Å². The van der Waals surface area contributed by atoms with Crippen LogP contribution in [0.2, 0.25) is 0 Å². The van der Waals surface area contributed by atoms with Crippen LogP contribution in [0.4, 0.5) is 5.82 Å². The van der Waals surface area contributed by atoms with Crippen LogP contribution in [0.5, 0.6) is 0 Å². The maximum Gasteiger partial charge on any atom is 0.126 e. The minimum absolute atomic E-state index is 0.120. The minimum atomic E-state index is 0.120. The summed E-state index contributed by atoms with van der Waals surface area (Å²) in [5, 5.41) is 3.38. The predicted molar refractivity (Wildman–Crippen MR) is 63.0 cm³/mol. The molecule has 2 nitrogen and oxygen atoms in total. The number of anilines is 1. The van der Waals surface area contributed by atoms with Crippen LogP contribution in [0, 0.1) is 6.92 Å². The summed E-state index contributed by atoms with van der Waals surface area (Å²) in [6.07, 6.45) is 4.11. The quantitative estimate of drug-likeness (QED) is 0.856. The van der Waals surface area contributed by atoms with Gasteiger partial charge in [0.25, 0.3) is 0 Å². The van der Waals surface area contributed by atoms with Crippen LogP contribution in [-0.4, -0.2) is 16.4 Å². The summed E-state index contributed by atoms with van der Waals surface area (Å²) in [6.45, 7) is 2.05. The Hall–Kier alpha value is -0.280. The molecule has 1 aliphatic rings. The summed E-state index contributed by atoms with van der Waals surface area (Å²) < 4.78 is 1.04. The van der Waals surface area contributed by atoms with E-state index in [1.165, 1.54) is 5.56 Å². The van der Waals surface area contributed by atoms with E-state index >= 15 is 0 Å². The Bertz CT molecular complexity index is 350. The lowest BCUT2D eigenvalue weighted by atomic mass is 10.2. The molecule has 1 N–H and O–H groups in total. The lowest BCUT2D eigenvalue weighted by molar-refractivity contribution is 0.829. The number of hydrogen-bond acceptors (Lipinski definition) is 2. The third-order valence-electron chi connectivity index (χ3n) is 2.55. The Morgan fingerprint density at radius 2 is 2.36 bits per heavy atom. The SMILES string of the molecule is Cc1cc(NC2(CCl)CC2)ncc1Br. The number of alkyl halides is 1. The molecule has 1 fully saturated rings. The van der Waals surface area contributed by atoms with E-state index in [0.29, 0.717) is 5.88 Å². The van der Waals surface area contributed by atoms with Gasteiger partial charge in [0, 0.05) is 16.5 Å². The number of halogens is 2. The van der Waals surface area contributed by atoms with Crippen molar-refractivity contribution in [2.24, 2.45) is 0 Å². The maximum atomic E-state index is 5.88. The van der Waals surface area contributed by atoms with Gasteiger partial charge < -0.3 is 5.32 Å². The number of pyridine rings is 1. The van der Waals surface area contributed by atoms with Crippen molar-refractivity contribution in [2.75, 3.05) is 11.2 Å². The second-order valence-corrected chi connectivity index (χ2v) is 4.98. The zero-order chi connectivity index (χ0) is 10.2. The molecule has 0 aromatic carbocycles. The van der Waals surface area contributed by atoms with Crippen LogP contribution in [-0.2, 0) is 0 Å². The van der Waals surface area contributed by atoms with Crippen molar-refractivity contribution in [3.8, 4) is 0 Å². The van der Waals surface area contributed by atoms with Crippen LogP contribution in [0.3, 0.4) is 0 Å². The number of nitrogens with zero attached hydrogens (tertiary/aromatic N) is 1. The number of hydrogen-bond donors (Lipinski definition) is 1. The molecule has 0 radical (unpaired) electrons. The molecule has 0 unspecified atom stereocenters. The molecule has 0 aliphatic heterocycles. The average molecular weight is 276 g/mol. The zero-order valence-electron chi connectivity index (χ0n) is 7.98. The second kappa shape index (κ2) is 3.70. The van der Waals surface area contributed by atoms with Crippen molar-refractivity contribution in [3.63, 3.8) is 0 Å². The molecule has 14 heavy (non-hydrogen) atoms. The van der Waals surface area contributed by atoms with Gasteiger partial charge in [-0.3, -0.25) is 0 Å². The Balaban J connectivity index is 2.14. The Kier molecular flexibility index (Phi) is 2.71. The molecule has 2 rings (SSSR count). The number of nitrogens with one attached hydrogen (secondary N) is 1. The van der Waals surface area contributed by atoms with Gasteiger partial charge in [0.15, 0.2) is 0 Å². The van der Waals surface area contributed by atoms with E-state index in [9.17, 15) is 0 Å². The zero-order valence-corrected chi connectivity index (χ0v) is 10.3. The second-order valence-electron chi connectivity index (χ2n) is 3.86. The van der Waals surface area contributed by atoms with E-state index in [1.807, 2.05) is 12.3 Å². The summed E-state index contributed by atoms with van der Waals surface area (Å²) in [7, 11) is 0. The molecule has 76 valence electrons. The molecule has 0 saturated heterocycles. The van der Waals surface area contributed by atoms with Gasteiger partial charge >= 0.3 is 0 Å². The molecule has 1 aromatic rings. The first-order valence-electron chi connectivity index (χ1n) is 4.61. The number of aromatic nitrogens is 1. The van der Waals surface area contributed by atoms with Crippen molar-refractivity contribution < 1.29 is 0 Å². The van der Waals surface area contributed by atoms with Crippen LogP contribution in [0.25, 0.3) is 0 Å². The van der Waals surface area contributed by atoms with E-state index in [4.69, 9.17) is 11.6 Å². The number of aryl methyl sites for hydroxylation is 1. The lowest BCUT2D eigenvalue weighted by Gasteiger charge is -2.15. The Morgan fingerprint density at radius 1 is 1.64 bits per heavy atom. The maximum absolute atomic E-state index is 5.88. The highest BCUT2D eigenvalue weighted by atomic mass is 79.9. The molecule has 0 bridgehead atoms. The van der Waals surface area contributed by atoms with Crippen LogP contribution in [0.1, 0.15) is 18.4 Å². The molecular formula is C10H12BrClN2. The van der Waals surface area contributed by atoms with Gasteiger partial charge in [-0.15, -0.1) is 11.6 Å². The molecule has 0 amide bonds. The highest BCUT2D eigenvalue weighted by molar-refractivity contribution is 9.10. The molecule has 0 atom stereocenters. The van der Waals surface area contributed by atoms with Gasteiger partial charge in [-0.2, -0.15) is 0 Å². The van der Waals surface area contributed by atoms with Crippen LogP contribution >= 0.6 is 27.5 Å². The largest absolute Gasteiger partial charge is 0.363 e. The standard InChI is InChI=1S/C10H12BrClN2/c1-7-4-9(13-5-8(7)11)14-10(6-12)2-3-10/h4-5H,2-3,6H2,1H3,(H,13,14). The van der Waals surface area contributed by atoms with Crippen molar-refractivity contribution in [3.05, 3.63) is 22.3 Å². The van der Waals surface area contributed by atoms with Crippen molar-refractivity contribution in [1.29, 1.82) is 0 Å². The summed E-state index contributed by atoms with van der Waals surface area (Å²) in [6, 6.07) is 2.04. The van der Waals surface area contributed by atoms with Gasteiger partial charge in [0.1, 0.15) is 5.82 Å². The molecule has 1 heterocycles. The van der Waals surface area contributed by atoms with Gasteiger partial charge in [-0.25, -0.2) is 4.98 Å². The summed E-state index contributed by atoms with van der Waals surface area (Å²) in [5.74, 6) is 1.58. The third kappa shape index (κ3) is 2.04. The molecule has 1 aromatic heterocycles. The van der Waals surface area contributed by atoms with Crippen molar-refractivity contribution >= 4 is 33.3 Å². The summed E-state index contributed by atoms with van der Waals surface area (Å²) in [5.41, 5.74) is 1.31. The normalized spacial score (nSPS) is 17.9. The van der Waals surface area contributed by atoms with E-state index < -0.39 is 0 Å². The smallest absolute Gasteiger partial charge is 0.126 e. The van der Waals surface area contributed by atoms with Gasteiger partial charge in [-0.1, -0.05) is 0 Å². The van der Waals surface area contributed by atoms with Gasteiger partial charge in [0.2, 0.25) is 0 Å². The fourth-order valence-electron chi connectivity index (χ4n) is 1.32. The molecule has 1 aliphatic carbocycles. The molecule has 4 heteroatoms. The first-order chi connectivity index (χ1) is 6.65. The highest BCUT2D eigenvalue weighted by Gasteiger charge is 2.42. The topological polar surface area (TPSA) is 24.9 Å². The van der Waals surface area contributed by atoms with Crippen molar-refractivity contribution in [1.82, 2.24) is 4.98 Å². The van der Waals surface area contributed by atoms with E-state index in [2.05, 4.69) is 33.2 Å². The Morgan fingerprint density at radius 3 is 2.86 bits per heavy atom. The average Bonchev–Trinajstić information content (AvgIpc) is 2.93. The monoisotopic (exact) mass is 274 g/mol. The van der Waals surface area contributed by atoms with E-state index in [1.54, 1.807) is 0 Å². The fourth-order valence-corrected chi connectivity index (χ4v) is 1.87. The van der Waals surface area contributed by atoms with Crippen molar-refractivity contribution in [2.45, 2.75) is 25.3 Å². The first kappa shape index (κ1) is 10.2. The molecule has 0 spiro atoms. The highest BCUT2D eigenvalue weighted by Crippen LogP contribution is 2.39. The lowest BCUT2D eigenvalue weighted by Crippen LogP contribution is -2.23. The van der Waals surface area contributed by atoms with Gasteiger partial charge in [-0.05, 0) is 47.3 Å². The summed E-state index contributed by atoms with van der Waals surface area (Å²) in [4.78, 5) is 4.30. The van der Waals surface area contributed by atoms with E-state index in [-0.39, 0.29) is 5.54 Å². The third-order valence-corrected chi connectivity index (χ3v) is 3.89. The number of rotatable bonds is 3. The van der Waals surface area contributed by atoms with Gasteiger partial charge in [0.05, 0.1) is 5.54 Å². The predicted octanol–water partition coefficient (Wildman–Crippen LogP) is 3.34. The molecule has 1 saturated carbocycles. The Labute approximate surface area is 97.2 Å². The fraction of sp³-hybridized carbons (Fsp3) is 0.500. The summed E-state index contributed by atoms with van der Waals surface area (Å²) >= 11 is 9.30.